The molecule has 0 aliphatic heterocycles. The zero-order valence-corrected chi connectivity index (χ0v) is 11.1. The van der Waals surface area contributed by atoms with Crippen LogP contribution in [-0.2, 0) is 0 Å². The molecule has 1 aliphatic rings. The topological polar surface area (TPSA) is 12.0 Å². The first-order chi connectivity index (χ1) is 7.15. The molecule has 1 rings (SSSR count). The van der Waals surface area contributed by atoms with Gasteiger partial charge in [0.15, 0.2) is 0 Å². The molecule has 1 heteroatoms. The Labute approximate surface area is 96.0 Å². The molecular weight excluding hydrogens is 182 g/mol. The molecule has 0 aromatic rings. The molecule has 3 unspecified atom stereocenters. The van der Waals surface area contributed by atoms with Crippen LogP contribution in [0.1, 0.15) is 53.4 Å². The summed E-state index contributed by atoms with van der Waals surface area (Å²) in [5, 5.41) is 3.54. The Morgan fingerprint density at radius 1 is 1.27 bits per heavy atom. The molecule has 15 heavy (non-hydrogen) atoms. The minimum absolute atomic E-state index is 0.874. The predicted octanol–water partition coefficient (Wildman–Crippen LogP) is 3.69. The summed E-state index contributed by atoms with van der Waals surface area (Å²) in [6.07, 6.45) is 5.81. The highest BCUT2D eigenvalue weighted by Gasteiger charge is 2.26. The molecule has 0 saturated heterocycles. The summed E-state index contributed by atoms with van der Waals surface area (Å²) < 4.78 is 0. The van der Waals surface area contributed by atoms with Gasteiger partial charge in [0.05, 0.1) is 0 Å². The lowest BCUT2D eigenvalue weighted by Crippen LogP contribution is -2.28. The average molecular weight is 211 g/mol. The van der Waals surface area contributed by atoms with Crippen LogP contribution in [-0.4, -0.2) is 13.1 Å². The van der Waals surface area contributed by atoms with E-state index in [-0.39, 0.29) is 0 Å². The molecular formula is C14H29N. The molecule has 0 aromatic heterocycles. The first-order valence-corrected chi connectivity index (χ1v) is 6.85. The summed E-state index contributed by atoms with van der Waals surface area (Å²) in [5.41, 5.74) is 0. The molecule has 3 atom stereocenters. The van der Waals surface area contributed by atoms with E-state index in [1.54, 1.807) is 0 Å². The number of hydrogen-bond donors (Lipinski definition) is 1. The second-order valence-electron chi connectivity index (χ2n) is 5.72. The largest absolute Gasteiger partial charge is 0.317 e. The molecule has 1 nitrogen and oxygen atoms in total. The Morgan fingerprint density at radius 2 is 2.00 bits per heavy atom. The third-order valence-corrected chi connectivity index (χ3v) is 4.24. The fraction of sp³-hybridized carbons (Fsp3) is 1.00. The lowest BCUT2D eigenvalue weighted by molar-refractivity contribution is 0.259. The number of rotatable bonds is 4. The fourth-order valence-electron chi connectivity index (χ4n) is 2.90. The highest BCUT2D eigenvalue weighted by atomic mass is 14.8. The first-order valence-electron chi connectivity index (χ1n) is 6.85. The van der Waals surface area contributed by atoms with Crippen molar-refractivity contribution >= 4 is 0 Å². The highest BCUT2D eigenvalue weighted by Crippen LogP contribution is 2.35. The van der Waals surface area contributed by atoms with Crippen molar-refractivity contribution in [1.82, 2.24) is 5.32 Å². The van der Waals surface area contributed by atoms with Crippen LogP contribution in [0.25, 0.3) is 0 Å². The van der Waals surface area contributed by atoms with Crippen LogP contribution >= 0.6 is 0 Å². The van der Waals surface area contributed by atoms with Crippen molar-refractivity contribution in [2.75, 3.05) is 13.1 Å². The molecule has 90 valence electrons. The number of nitrogens with one attached hydrogen (secondary N) is 1. The van der Waals surface area contributed by atoms with E-state index in [1.165, 1.54) is 32.2 Å². The monoisotopic (exact) mass is 211 g/mol. The van der Waals surface area contributed by atoms with Crippen LogP contribution in [0.15, 0.2) is 0 Å². The van der Waals surface area contributed by atoms with Gasteiger partial charge < -0.3 is 5.32 Å². The van der Waals surface area contributed by atoms with Gasteiger partial charge in [0.2, 0.25) is 0 Å². The zero-order chi connectivity index (χ0) is 11.3. The minimum Gasteiger partial charge on any atom is -0.317 e. The van der Waals surface area contributed by atoms with E-state index in [2.05, 4.69) is 33.0 Å². The standard InChI is InChI=1S/C14H29N/c1-5-15-10-14-9-13(11(2)3)8-6-7-12(14)4/h11-15H,5-10H2,1-4H3. The minimum atomic E-state index is 0.874. The van der Waals surface area contributed by atoms with Crippen molar-refractivity contribution < 1.29 is 0 Å². The Hall–Kier alpha value is -0.0400. The van der Waals surface area contributed by atoms with Crippen molar-refractivity contribution in [3.05, 3.63) is 0 Å². The molecule has 0 radical (unpaired) electrons. The predicted molar refractivity (Wildman–Crippen MR) is 68.0 cm³/mol. The van der Waals surface area contributed by atoms with Crippen molar-refractivity contribution in [1.29, 1.82) is 0 Å². The van der Waals surface area contributed by atoms with E-state index in [1.807, 2.05) is 0 Å². The summed E-state index contributed by atoms with van der Waals surface area (Å²) >= 11 is 0. The molecule has 0 amide bonds. The van der Waals surface area contributed by atoms with Crippen molar-refractivity contribution in [3.63, 3.8) is 0 Å². The molecule has 1 saturated carbocycles. The maximum absolute atomic E-state index is 3.54. The molecule has 0 aromatic carbocycles. The highest BCUT2D eigenvalue weighted by molar-refractivity contribution is 4.78. The van der Waals surface area contributed by atoms with E-state index < -0.39 is 0 Å². The Bertz CT molecular complexity index is 165. The summed E-state index contributed by atoms with van der Waals surface area (Å²) in [6, 6.07) is 0. The molecule has 1 N–H and O–H groups in total. The maximum atomic E-state index is 3.54. The maximum Gasteiger partial charge on any atom is -0.00180 e. The summed E-state index contributed by atoms with van der Waals surface area (Å²) in [4.78, 5) is 0. The van der Waals surface area contributed by atoms with Gasteiger partial charge in [0, 0.05) is 0 Å². The van der Waals surface area contributed by atoms with E-state index >= 15 is 0 Å². The second kappa shape index (κ2) is 6.52. The van der Waals surface area contributed by atoms with Gasteiger partial charge in [-0.3, -0.25) is 0 Å². The molecule has 0 heterocycles. The van der Waals surface area contributed by atoms with Crippen molar-refractivity contribution in [2.24, 2.45) is 23.7 Å². The molecule has 0 spiro atoms. The van der Waals surface area contributed by atoms with Gasteiger partial charge in [-0.15, -0.1) is 0 Å². The summed E-state index contributed by atoms with van der Waals surface area (Å²) in [5.74, 6) is 3.69. The average Bonchev–Trinajstić information content (AvgIpc) is 2.37. The summed E-state index contributed by atoms with van der Waals surface area (Å²) in [6.45, 7) is 11.8. The normalized spacial score (nSPS) is 33.0. The van der Waals surface area contributed by atoms with Crippen LogP contribution in [0.2, 0.25) is 0 Å². The van der Waals surface area contributed by atoms with Crippen LogP contribution in [0, 0.1) is 23.7 Å². The van der Waals surface area contributed by atoms with Crippen LogP contribution < -0.4 is 5.32 Å². The Kier molecular flexibility index (Phi) is 5.66. The summed E-state index contributed by atoms with van der Waals surface area (Å²) in [7, 11) is 0. The van der Waals surface area contributed by atoms with Gasteiger partial charge in [-0.1, -0.05) is 47.0 Å². The van der Waals surface area contributed by atoms with E-state index in [9.17, 15) is 0 Å². The van der Waals surface area contributed by atoms with Crippen LogP contribution in [0.3, 0.4) is 0 Å². The van der Waals surface area contributed by atoms with Gasteiger partial charge in [-0.05, 0) is 43.2 Å². The Balaban J connectivity index is 2.48. The van der Waals surface area contributed by atoms with E-state index in [0.29, 0.717) is 0 Å². The van der Waals surface area contributed by atoms with Gasteiger partial charge >= 0.3 is 0 Å². The van der Waals surface area contributed by atoms with Crippen LogP contribution in [0.5, 0.6) is 0 Å². The smallest absolute Gasteiger partial charge is 0.00180 e. The zero-order valence-electron chi connectivity index (χ0n) is 11.1. The fourth-order valence-corrected chi connectivity index (χ4v) is 2.90. The lowest BCUT2D eigenvalue weighted by atomic mass is 9.82. The van der Waals surface area contributed by atoms with Gasteiger partial charge in [-0.2, -0.15) is 0 Å². The first kappa shape index (κ1) is 13.0. The van der Waals surface area contributed by atoms with Gasteiger partial charge in [-0.25, -0.2) is 0 Å². The van der Waals surface area contributed by atoms with Crippen LogP contribution in [0.4, 0.5) is 0 Å². The van der Waals surface area contributed by atoms with E-state index in [0.717, 1.165) is 30.2 Å². The third kappa shape index (κ3) is 4.14. The number of hydrogen-bond acceptors (Lipinski definition) is 1. The Morgan fingerprint density at radius 3 is 2.60 bits per heavy atom. The van der Waals surface area contributed by atoms with E-state index in [4.69, 9.17) is 0 Å². The quantitative estimate of drug-likeness (QED) is 0.699. The molecule has 1 fully saturated rings. The SMILES string of the molecule is CCNCC1CC(C(C)C)CCCC1C. The third-order valence-electron chi connectivity index (χ3n) is 4.24. The van der Waals surface area contributed by atoms with Gasteiger partial charge in [0.1, 0.15) is 0 Å². The second-order valence-corrected chi connectivity index (χ2v) is 5.72. The molecule has 1 aliphatic carbocycles. The van der Waals surface area contributed by atoms with Gasteiger partial charge in [0.25, 0.3) is 0 Å². The molecule has 0 bridgehead atoms. The van der Waals surface area contributed by atoms with Crippen molar-refractivity contribution in [2.45, 2.75) is 53.4 Å². The lowest BCUT2D eigenvalue weighted by Gasteiger charge is -2.26. The van der Waals surface area contributed by atoms with Crippen molar-refractivity contribution in [3.8, 4) is 0 Å².